The lowest BCUT2D eigenvalue weighted by Gasteiger charge is -2.27. The molecule has 26 heavy (non-hydrogen) atoms. The van der Waals surface area contributed by atoms with Crippen molar-refractivity contribution < 1.29 is 4.74 Å². The molecule has 1 fully saturated rings. The molecule has 0 radical (unpaired) electrons. The molecule has 7 heteroatoms. The number of ether oxygens (including phenoxy) is 1. The van der Waals surface area contributed by atoms with Crippen LogP contribution in [-0.4, -0.2) is 36.3 Å². The van der Waals surface area contributed by atoms with Gasteiger partial charge in [0.15, 0.2) is 0 Å². The molecule has 1 aromatic carbocycles. The zero-order chi connectivity index (χ0) is 16.2. The summed E-state index contributed by atoms with van der Waals surface area (Å²) < 4.78 is 5.37. The number of nitrogens with zero attached hydrogens (tertiary/aromatic N) is 3. The summed E-state index contributed by atoms with van der Waals surface area (Å²) in [6.45, 7) is 4.07. The van der Waals surface area contributed by atoms with Crippen LogP contribution >= 0.6 is 24.8 Å². The topological polar surface area (TPSA) is 50.3 Å². The fraction of sp³-hybridized carbons (Fsp3) is 0.474. The van der Waals surface area contributed by atoms with Crippen LogP contribution < -0.4 is 10.2 Å². The number of anilines is 1. The van der Waals surface area contributed by atoms with E-state index in [9.17, 15) is 0 Å². The minimum atomic E-state index is 0. The normalized spacial score (nSPS) is 19.1. The molecule has 0 saturated carbocycles. The average molecular weight is 397 g/mol. The lowest BCUT2D eigenvalue weighted by Crippen LogP contribution is -2.37. The first kappa shape index (κ1) is 20.9. The third-order valence-corrected chi connectivity index (χ3v) is 4.91. The highest BCUT2D eigenvalue weighted by atomic mass is 35.5. The maximum atomic E-state index is 5.37. The summed E-state index contributed by atoms with van der Waals surface area (Å²) in [6.07, 6.45) is 7.54. The van der Waals surface area contributed by atoms with Gasteiger partial charge in [0, 0.05) is 43.6 Å². The molecule has 1 aliphatic heterocycles. The van der Waals surface area contributed by atoms with Crippen LogP contribution in [0.2, 0.25) is 0 Å². The smallest absolute Gasteiger partial charge is 0.225 e. The molecule has 1 unspecified atom stereocenters. The van der Waals surface area contributed by atoms with Crippen LogP contribution in [0.5, 0.6) is 0 Å². The molecular weight excluding hydrogens is 371 g/mol. The fourth-order valence-corrected chi connectivity index (χ4v) is 3.57. The molecule has 142 valence electrons. The first-order chi connectivity index (χ1) is 11.9. The Bertz CT molecular complexity index is 677. The van der Waals surface area contributed by atoms with E-state index >= 15 is 0 Å². The Morgan fingerprint density at radius 1 is 1.08 bits per heavy atom. The zero-order valence-corrected chi connectivity index (χ0v) is 16.4. The third kappa shape index (κ3) is 4.86. The summed E-state index contributed by atoms with van der Waals surface area (Å²) in [4.78, 5) is 11.2. The molecule has 1 N–H and O–H groups in total. The summed E-state index contributed by atoms with van der Waals surface area (Å²) in [5, 5.41) is 3.68. The van der Waals surface area contributed by atoms with E-state index in [4.69, 9.17) is 4.74 Å². The molecule has 4 rings (SSSR count). The summed E-state index contributed by atoms with van der Waals surface area (Å²) >= 11 is 0. The van der Waals surface area contributed by atoms with Crippen LogP contribution in [0, 0.1) is 0 Å². The van der Waals surface area contributed by atoms with E-state index < -0.39 is 0 Å². The van der Waals surface area contributed by atoms with Crippen molar-refractivity contribution in [2.45, 2.75) is 31.8 Å². The van der Waals surface area contributed by atoms with E-state index in [1.807, 2.05) is 12.4 Å². The van der Waals surface area contributed by atoms with Crippen LogP contribution in [0.1, 0.15) is 35.6 Å². The molecule has 2 heterocycles. The maximum absolute atomic E-state index is 5.37. The minimum Gasteiger partial charge on any atom is -0.378 e. The molecule has 1 atom stereocenters. The van der Waals surface area contributed by atoms with Crippen LogP contribution in [-0.2, 0) is 17.7 Å². The first-order valence-electron chi connectivity index (χ1n) is 8.85. The van der Waals surface area contributed by atoms with Gasteiger partial charge in [-0.15, -0.1) is 24.8 Å². The molecule has 0 spiro atoms. The van der Waals surface area contributed by atoms with Crippen molar-refractivity contribution in [3.05, 3.63) is 53.3 Å². The van der Waals surface area contributed by atoms with Gasteiger partial charge in [-0.2, -0.15) is 0 Å². The van der Waals surface area contributed by atoms with E-state index in [1.54, 1.807) is 0 Å². The lowest BCUT2D eigenvalue weighted by atomic mass is 9.88. The first-order valence-corrected chi connectivity index (χ1v) is 8.85. The number of morpholine rings is 1. The third-order valence-electron chi connectivity index (χ3n) is 4.91. The average Bonchev–Trinajstić information content (AvgIpc) is 2.67. The maximum Gasteiger partial charge on any atom is 0.225 e. The van der Waals surface area contributed by atoms with Gasteiger partial charge in [-0.05, 0) is 30.4 Å². The highest BCUT2D eigenvalue weighted by Gasteiger charge is 2.19. The number of aromatic nitrogens is 2. The lowest BCUT2D eigenvalue weighted by molar-refractivity contribution is 0.122. The molecule has 0 amide bonds. The van der Waals surface area contributed by atoms with Gasteiger partial charge in [0.25, 0.3) is 0 Å². The number of aryl methyl sites for hydroxylation is 1. The highest BCUT2D eigenvalue weighted by Crippen LogP contribution is 2.29. The Kier molecular flexibility index (Phi) is 8.10. The van der Waals surface area contributed by atoms with Gasteiger partial charge in [-0.3, -0.25) is 0 Å². The number of hydrogen-bond donors (Lipinski definition) is 1. The summed E-state index contributed by atoms with van der Waals surface area (Å²) in [5.41, 5.74) is 4.07. The predicted molar refractivity (Wildman–Crippen MR) is 109 cm³/mol. The molecular formula is C19H26Cl2N4O. The molecule has 1 saturated heterocycles. The Labute approximate surface area is 167 Å². The number of hydrogen-bond acceptors (Lipinski definition) is 5. The van der Waals surface area contributed by atoms with Crippen molar-refractivity contribution in [3.8, 4) is 0 Å². The van der Waals surface area contributed by atoms with Crippen molar-refractivity contribution in [3.63, 3.8) is 0 Å². The van der Waals surface area contributed by atoms with E-state index in [1.165, 1.54) is 30.4 Å². The summed E-state index contributed by atoms with van der Waals surface area (Å²) in [7, 11) is 0. The van der Waals surface area contributed by atoms with Gasteiger partial charge >= 0.3 is 0 Å². The Morgan fingerprint density at radius 3 is 2.58 bits per heavy atom. The van der Waals surface area contributed by atoms with Crippen LogP contribution in [0.4, 0.5) is 5.95 Å². The molecule has 0 bridgehead atoms. The largest absolute Gasteiger partial charge is 0.378 e. The summed E-state index contributed by atoms with van der Waals surface area (Å²) in [5.74, 6) is 0.810. The minimum absolute atomic E-state index is 0. The van der Waals surface area contributed by atoms with Gasteiger partial charge in [0.05, 0.1) is 13.2 Å². The molecule has 2 aromatic rings. The second-order valence-electron chi connectivity index (χ2n) is 6.52. The second kappa shape index (κ2) is 10.1. The Balaban J connectivity index is 0.00000121. The Hall–Kier alpha value is -1.40. The highest BCUT2D eigenvalue weighted by molar-refractivity contribution is 5.85. The number of fused-ring (bicyclic) bond motifs is 1. The van der Waals surface area contributed by atoms with Crippen molar-refractivity contribution in [2.75, 3.05) is 31.2 Å². The number of nitrogens with one attached hydrogen (secondary N) is 1. The predicted octanol–water partition coefficient (Wildman–Crippen LogP) is 3.32. The summed E-state index contributed by atoms with van der Waals surface area (Å²) in [6, 6.07) is 9.22. The van der Waals surface area contributed by atoms with Gasteiger partial charge in [-0.1, -0.05) is 24.3 Å². The molecule has 5 nitrogen and oxygen atoms in total. The van der Waals surface area contributed by atoms with Gasteiger partial charge in [0.2, 0.25) is 5.95 Å². The van der Waals surface area contributed by atoms with Crippen molar-refractivity contribution >= 4 is 30.8 Å². The van der Waals surface area contributed by atoms with Crippen molar-refractivity contribution in [1.29, 1.82) is 0 Å². The van der Waals surface area contributed by atoms with Gasteiger partial charge in [-0.25, -0.2) is 9.97 Å². The number of rotatable bonds is 4. The van der Waals surface area contributed by atoms with Crippen LogP contribution in [0.25, 0.3) is 0 Å². The quantitative estimate of drug-likeness (QED) is 0.858. The fourth-order valence-electron chi connectivity index (χ4n) is 3.57. The van der Waals surface area contributed by atoms with E-state index in [0.717, 1.165) is 44.4 Å². The molecule has 1 aromatic heterocycles. The van der Waals surface area contributed by atoms with Crippen molar-refractivity contribution in [2.24, 2.45) is 0 Å². The molecule has 2 aliphatic rings. The van der Waals surface area contributed by atoms with Crippen LogP contribution in [0.3, 0.4) is 0 Å². The molecule has 1 aliphatic carbocycles. The van der Waals surface area contributed by atoms with Gasteiger partial charge < -0.3 is 15.0 Å². The van der Waals surface area contributed by atoms with E-state index in [2.05, 4.69) is 44.5 Å². The SMILES string of the molecule is Cl.Cl.c1ccc2c(c1)CCCC2NCc1cnc(N2CCOCC2)nc1. The monoisotopic (exact) mass is 396 g/mol. The standard InChI is InChI=1S/C19H24N4O.2ClH/c1-2-6-17-16(4-1)5-3-7-18(17)20-12-15-13-21-19(22-14-15)23-8-10-24-11-9-23;;/h1-2,4,6,13-14,18,20H,3,5,7-12H2;2*1H. The van der Waals surface area contributed by atoms with Crippen LogP contribution in [0.15, 0.2) is 36.7 Å². The van der Waals surface area contributed by atoms with E-state index in [0.29, 0.717) is 6.04 Å². The number of halogens is 2. The van der Waals surface area contributed by atoms with E-state index in [-0.39, 0.29) is 24.8 Å². The second-order valence-corrected chi connectivity index (χ2v) is 6.52. The van der Waals surface area contributed by atoms with Crippen molar-refractivity contribution in [1.82, 2.24) is 15.3 Å². The zero-order valence-electron chi connectivity index (χ0n) is 14.8. The number of benzene rings is 1. The Morgan fingerprint density at radius 2 is 1.81 bits per heavy atom. The van der Waals surface area contributed by atoms with Gasteiger partial charge in [0.1, 0.15) is 0 Å².